The lowest BCUT2D eigenvalue weighted by atomic mass is 10.1. The molecule has 0 heterocycles. The fourth-order valence-electron chi connectivity index (χ4n) is 1.91. The van der Waals surface area contributed by atoms with Crippen LogP contribution in [0.3, 0.4) is 0 Å². The fourth-order valence-corrected chi connectivity index (χ4v) is 1.91. The van der Waals surface area contributed by atoms with Crippen LogP contribution in [0.2, 0.25) is 0 Å². The first-order valence-electron chi connectivity index (χ1n) is 6.22. The molecule has 0 aliphatic rings. The van der Waals surface area contributed by atoms with Crippen LogP contribution in [-0.4, -0.2) is 17.8 Å². The van der Waals surface area contributed by atoms with Crippen molar-refractivity contribution in [2.24, 2.45) is 0 Å². The van der Waals surface area contributed by atoms with E-state index in [0.29, 0.717) is 24.1 Å². The number of aldehydes is 1. The molecule has 0 spiro atoms. The summed E-state index contributed by atoms with van der Waals surface area (Å²) in [6.07, 6.45) is 1.37. The summed E-state index contributed by atoms with van der Waals surface area (Å²) >= 11 is 0. The molecular formula is C15H14N2O3. The van der Waals surface area contributed by atoms with Crippen LogP contribution in [0.1, 0.15) is 15.9 Å². The first-order valence-corrected chi connectivity index (χ1v) is 6.22. The van der Waals surface area contributed by atoms with Gasteiger partial charge in [-0.1, -0.05) is 30.3 Å². The molecule has 0 saturated heterocycles. The number of nitrogens with one attached hydrogen (secondary N) is 1. The van der Waals surface area contributed by atoms with E-state index in [4.69, 9.17) is 0 Å². The van der Waals surface area contributed by atoms with Crippen LogP contribution in [0.5, 0.6) is 0 Å². The highest BCUT2D eigenvalue weighted by Gasteiger charge is 2.13. The first kappa shape index (κ1) is 13.7. The third kappa shape index (κ3) is 3.41. The molecule has 2 aromatic rings. The van der Waals surface area contributed by atoms with Gasteiger partial charge in [0.1, 0.15) is 12.0 Å². The molecule has 5 nitrogen and oxygen atoms in total. The standard InChI is InChI=1S/C15H14N2O3/c18-11-13-6-7-14(15(10-13)17(19)20)16-9-8-12-4-2-1-3-5-12/h1-7,10-11,16H,8-9H2. The van der Waals surface area contributed by atoms with Gasteiger partial charge in [-0.3, -0.25) is 14.9 Å². The minimum atomic E-state index is -0.488. The highest BCUT2D eigenvalue weighted by atomic mass is 16.6. The van der Waals surface area contributed by atoms with Crippen molar-refractivity contribution in [3.8, 4) is 0 Å². The first-order chi connectivity index (χ1) is 9.70. The number of anilines is 1. The summed E-state index contributed by atoms with van der Waals surface area (Å²) < 4.78 is 0. The van der Waals surface area contributed by atoms with Gasteiger partial charge in [-0.25, -0.2) is 0 Å². The van der Waals surface area contributed by atoms with Gasteiger partial charge in [0.15, 0.2) is 0 Å². The third-order valence-corrected chi connectivity index (χ3v) is 2.93. The number of hydrogen-bond donors (Lipinski definition) is 1. The normalized spacial score (nSPS) is 10.0. The minimum absolute atomic E-state index is 0.0809. The molecule has 0 amide bonds. The van der Waals surface area contributed by atoms with E-state index < -0.39 is 4.92 Å². The Labute approximate surface area is 116 Å². The second-order valence-corrected chi connectivity index (χ2v) is 4.31. The van der Waals surface area contributed by atoms with Gasteiger partial charge < -0.3 is 5.32 Å². The molecule has 0 aliphatic carbocycles. The summed E-state index contributed by atoms with van der Waals surface area (Å²) in [6, 6.07) is 14.3. The molecular weight excluding hydrogens is 256 g/mol. The minimum Gasteiger partial charge on any atom is -0.379 e. The predicted molar refractivity (Wildman–Crippen MR) is 77.1 cm³/mol. The summed E-state index contributed by atoms with van der Waals surface area (Å²) in [7, 11) is 0. The molecule has 0 bridgehead atoms. The molecule has 102 valence electrons. The van der Waals surface area contributed by atoms with Crippen molar-refractivity contribution in [3.05, 3.63) is 69.8 Å². The zero-order valence-electron chi connectivity index (χ0n) is 10.8. The Morgan fingerprint density at radius 1 is 1.15 bits per heavy atom. The molecule has 2 rings (SSSR count). The van der Waals surface area contributed by atoms with Gasteiger partial charge >= 0.3 is 0 Å². The Balaban J connectivity index is 2.05. The second-order valence-electron chi connectivity index (χ2n) is 4.31. The van der Waals surface area contributed by atoms with E-state index in [1.807, 2.05) is 30.3 Å². The van der Waals surface area contributed by atoms with Gasteiger partial charge in [-0.15, -0.1) is 0 Å². The molecule has 20 heavy (non-hydrogen) atoms. The van der Waals surface area contributed by atoms with Crippen LogP contribution in [0.15, 0.2) is 48.5 Å². The average molecular weight is 270 g/mol. The number of rotatable bonds is 6. The number of nitro groups is 1. The Morgan fingerprint density at radius 2 is 1.90 bits per heavy atom. The summed E-state index contributed by atoms with van der Waals surface area (Å²) in [6.45, 7) is 0.589. The number of carbonyl (C=O) groups excluding carboxylic acids is 1. The van der Waals surface area contributed by atoms with Gasteiger partial charge in [0.05, 0.1) is 4.92 Å². The van der Waals surface area contributed by atoms with Crippen molar-refractivity contribution >= 4 is 17.7 Å². The van der Waals surface area contributed by atoms with Crippen molar-refractivity contribution < 1.29 is 9.72 Å². The van der Waals surface area contributed by atoms with Crippen molar-refractivity contribution in [1.82, 2.24) is 0 Å². The molecule has 0 fully saturated rings. The van der Waals surface area contributed by atoms with Gasteiger partial charge in [0, 0.05) is 18.2 Å². The summed E-state index contributed by atoms with van der Waals surface area (Å²) in [5.74, 6) is 0. The lowest BCUT2D eigenvalue weighted by Gasteiger charge is -2.07. The molecule has 0 unspecified atom stereocenters. The van der Waals surface area contributed by atoms with Gasteiger partial charge in [-0.05, 0) is 24.1 Å². The Hall–Kier alpha value is -2.69. The largest absolute Gasteiger partial charge is 0.379 e. The zero-order valence-corrected chi connectivity index (χ0v) is 10.8. The van der Waals surface area contributed by atoms with Crippen LogP contribution in [0, 0.1) is 10.1 Å². The van der Waals surface area contributed by atoms with E-state index in [2.05, 4.69) is 5.32 Å². The lowest BCUT2D eigenvalue weighted by Crippen LogP contribution is -2.07. The predicted octanol–water partition coefficient (Wildman–Crippen LogP) is 3.06. The van der Waals surface area contributed by atoms with Gasteiger partial charge in [-0.2, -0.15) is 0 Å². The van der Waals surface area contributed by atoms with Crippen LogP contribution in [0.4, 0.5) is 11.4 Å². The molecule has 0 atom stereocenters. The molecule has 0 aromatic heterocycles. The highest BCUT2D eigenvalue weighted by Crippen LogP contribution is 2.24. The maximum Gasteiger partial charge on any atom is 0.293 e. The van der Waals surface area contributed by atoms with Crippen LogP contribution < -0.4 is 5.32 Å². The van der Waals surface area contributed by atoms with E-state index in [1.54, 1.807) is 12.1 Å². The van der Waals surface area contributed by atoms with E-state index in [1.165, 1.54) is 6.07 Å². The van der Waals surface area contributed by atoms with Crippen molar-refractivity contribution in [1.29, 1.82) is 0 Å². The smallest absolute Gasteiger partial charge is 0.293 e. The van der Waals surface area contributed by atoms with E-state index >= 15 is 0 Å². The van der Waals surface area contributed by atoms with Crippen molar-refractivity contribution in [2.75, 3.05) is 11.9 Å². The van der Waals surface area contributed by atoms with Gasteiger partial charge in [0.25, 0.3) is 5.69 Å². The lowest BCUT2D eigenvalue weighted by molar-refractivity contribution is -0.384. The molecule has 0 aliphatic heterocycles. The highest BCUT2D eigenvalue weighted by molar-refractivity contribution is 5.79. The number of nitro benzene ring substituents is 1. The van der Waals surface area contributed by atoms with Crippen LogP contribution >= 0.6 is 0 Å². The maximum atomic E-state index is 11.0. The third-order valence-electron chi connectivity index (χ3n) is 2.93. The molecule has 2 aromatic carbocycles. The SMILES string of the molecule is O=Cc1ccc(NCCc2ccccc2)c([N+](=O)[O-])c1. The molecule has 0 saturated carbocycles. The summed E-state index contributed by atoms with van der Waals surface area (Å²) in [5.41, 5.74) is 1.80. The maximum absolute atomic E-state index is 11.0. The Bertz CT molecular complexity index is 612. The number of benzene rings is 2. The van der Waals surface area contributed by atoms with Crippen molar-refractivity contribution in [3.63, 3.8) is 0 Å². The topological polar surface area (TPSA) is 72.2 Å². The second kappa shape index (κ2) is 6.47. The average Bonchev–Trinajstić information content (AvgIpc) is 2.48. The van der Waals surface area contributed by atoms with Gasteiger partial charge in [0.2, 0.25) is 0 Å². The number of nitrogens with zero attached hydrogens (tertiary/aromatic N) is 1. The molecule has 5 heteroatoms. The Kier molecular flexibility index (Phi) is 4.44. The van der Waals surface area contributed by atoms with Crippen molar-refractivity contribution in [2.45, 2.75) is 6.42 Å². The summed E-state index contributed by atoms with van der Waals surface area (Å²) in [4.78, 5) is 21.1. The number of hydrogen-bond acceptors (Lipinski definition) is 4. The summed E-state index contributed by atoms with van der Waals surface area (Å²) in [5, 5.41) is 14.0. The monoisotopic (exact) mass is 270 g/mol. The number of carbonyl (C=O) groups is 1. The molecule has 1 N–H and O–H groups in total. The van der Waals surface area contributed by atoms with E-state index in [0.717, 1.165) is 12.0 Å². The quantitative estimate of drug-likeness (QED) is 0.497. The van der Waals surface area contributed by atoms with Crippen LogP contribution in [-0.2, 0) is 6.42 Å². The zero-order chi connectivity index (χ0) is 14.4. The van der Waals surface area contributed by atoms with Crippen LogP contribution in [0.25, 0.3) is 0 Å². The van der Waals surface area contributed by atoms with E-state index in [9.17, 15) is 14.9 Å². The Morgan fingerprint density at radius 3 is 2.55 bits per heavy atom. The van der Waals surface area contributed by atoms with E-state index in [-0.39, 0.29) is 5.69 Å². The fraction of sp³-hybridized carbons (Fsp3) is 0.133. The molecule has 0 radical (unpaired) electrons.